The smallest absolute Gasteiger partial charge is 0.338 e. The van der Waals surface area contributed by atoms with Crippen molar-refractivity contribution in [2.45, 2.75) is 26.4 Å². The van der Waals surface area contributed by atoms with E-state index in [0.717, 1.165) is 22.1 Å². The van der Waals surface area contributed by atoms with Crippen molar-refractivity contribution in [1.29, 1.82) is 0 Å². The van der Waals surface area contributed by atoms with E-state index in [-0.39, 0.29) is 12.3 Å². The van der Waals surface area contributed by atoms with Gasteiger partial charge in [0.05, 0.1) is 17.4 Å². The van der Waals surface area contributed by atoms with Crippen LogP contribution in [0.1, 0.15) is 27.0 Å². The summed E-state index contributed by atoms with van der Waals surface area (Å²) in [5.74, 6) is -1.19. The highest BCUT2D eigenvalue weighted by molar-refractivity contribution is 7.94. The molecule has 0 bridgehead atoms. The molecule has 0 unspecified atom stereocenters. The van der Waals surface area contributed by atoms with E-state index in [1.807, 2.05) is 50.2 Å². The van der Waals surface area contributed by atoms with Crippen LogP contribution in [-0.2, 0) is 25.9 Å². The average Bonchev–Trinajstić information content (AvgIpc) is 3.06. The molecule has 1 heterocycles. The number of rotatable bonds is 6. The second kappa shape index (κ2) is 8.61. The minimum atomic E-state index is -3.33. The molecule has 0 fully saturated rings. The largest absolute Gasteiger partial charge is 0.452 e. The minimum Gasteiger partial charge on any atom is -0.452 e. The van der Waals surface area contributed by atoms with Crippen LogP contribution in [-0.4, -0.2) is 43.6 Å². The summed E-state index contributed by atoms with van der Waals surface area (Å²) >= 11 is 0. The maximum absolute atomic E-state index is 12.9. The maximum Gasteiger partial charge on any atom is 0.338 e. The van der Waals surface area contributed by atoms with Gasteiger partial charge in [-0.15, -0.1) is 0 Å². The summed E-state index contributed by atoms with van der Waals surface area (Å²) in [7, 11) is -3.33. The monoisotopic (exact) mass is 413 g/mol. The fourth-order valence-electron chi connectivity index (χ4n) is 3.18. The first kappa shape index (κ1) is 20.8. The van der Waals surface area contributed by atoms with E-state index in [9.17, 15) is 18.0 Å². The predicted molar refractivity (Wildman–Crippen MR) is 110 cm³/mol. The van der Waals surface area contributed by atoms with Gasteiger partial charge in [-0.05, 0) is 42.7 Å². The molecule has 0 saturated carbocycles. The zero-order chi connectivity index (χ0) is 21.0. The Labute approximate surface area is 170 Å². The van der Waals surface area contributed by atoms with E-state index in [0.29, 0.717) is 5.56 Å². The Kier molecular flexibility index (Phi) is 6.17. The van der Waals surface area contributed by atoms with Crippen molar-refractivity contribution in [3.05, 3.63) is 82.3 Å². The number of sulfone groups is 1. The van der Waals surface area contributed by atoms with Gasteiger partial charge in [-0.2, -0.15) is 0 Å². The first-order chi connectivity index (χ1) is 13.8. The molecule has 0 aromatic heterocycles. The van der Waals surface area contributed by atoms with Gasteiger partial charge in [-0.1, -0.05) is 42.5 Å². The molecule has 6 nitrogen and oxygen atoms in total. The van der Waals surface area contributed by atoms with E-state index in [1.54, 1.807) is 12.1 Å². The van der Waals surface area contributed by atoms with Gasteiger partial charge in [-0.25, -0.2) is 13.2 Å². The SMILES string of the molecule is Cc1cccc(C(=O)OCC(=O)N(Cc2ccccc2)[C@@H]2C=CS(=O)(=O)C2)c1C. The van der Waals surface area contributed by atoms with Gasteiger partial charge in [0, 0.05) is 12.0 Å². The van der Waals surface area contributed by atoms with Gasteiger partial charge in [0.2, 0.25) is 0 Å². The van der Waals surface area contributed by atoms with Crippen molar-refractivity contribution in [3.63, 3.8) is 0 Å². The summed E-state index contributed by atoms with van der Waals surface area (Å²) < 4.78 is 28.9. The molecule has 2 aromatic rings. The molecule has 2 aromatic carbocycles. The van der Waals surface area contributed by atoms with Gasteiger partial charge in [0.25, 0.3) is 5.91 Å². The summed E-state index contributed by atoms with van der Waals surface area (Å²) in [6.07, 6.45) is 1.50. The van der Waals surface area contributed by atoms with Crippen LogP contribution in [0.3, 0.4) is 0 Å². The topological polar surface area (TPSA) is 80.8 Å². The lowest BCUT2D eigenvalue weighted by Gasteiger charge is -2.27. The van der Waals surface area contributed by atoms with E-state index in [2.05, 4.69) is 0 Å². The van der Waals surface area contributed by atoms with E-state index in [4.69, 9.17) is 4.74 Å². The molecule has 1 atom stereocenters. The lowest BCUT2D eigenvalue weighted by Crippen LogP contribution is -2.42. The van der Waals surface area contributed by atoms with Gasteiger partial charge in [0.15, 0.2) is 16.4 Å². The van der Waals surface area contributed by atoms with Crippen LogP contribution in [0.2, 0.25) is 0 Å². The summed E-state index contributed by atoms with van der Waals surface area (Å²) in [6.45, 7) is 3.49. The number of carbonyl (C=O) groups is 2. The number of nitrogens with zero attached hydrogens (tertiary/aromatic N) is 1. The molecule has 152 valence electrons. The first-order valence-corrected chi connectivity index (χ1v) is 11.0. The molecule has 0 N–H and O–H groups in total. The zero-order valence-corrected chi connectivity index (χ0v) is 17.2. The number of ether oxygens (including phenoxy) is 1. The first-order valence-electron chi connectivity index (χ1n) is 9.24. The molecular weight excluding hydrogens is 390 g/mol. The molecule has 1 amide bonds. The third kappa shape index (κ3) is 5.12. The summed E-state index contributed by atoms with van der Waals surface area (Å²) in [4.78, 5) is 26.7. The van der Waals surface area contributed by atoms with E-state index in [1.165, 1.54) is 11.0 Å². The lowest BCUT2D eigenvalue weighted by atomic mass is 10.0. The number of esters is 1. The second-order valence-corrected chi connectivity index (χ2v) is 8.99. The molecule has 0 saturated heterocycles. The third-order valence-corrected chi connectivity index (χ3v) is 6.36. The fraction of sp³-hybridized carbons (Fsp3) is 0.273. The molecule has 1 aliphatic heterocycles. The highest BCUT2D eigenvalue weighted by Gasteiger charge is 2.31. The predicted octanol–water partition coefficient (Wildman–Crippen LogP) is 2.80. The van der Waals surface area contributed by atoms with Crippen molar-refractivity contribution in [2.24, 2.45) is 0 Å². The molecule has 29 heavy (non-hydrogen) atoms. The summed E-state index contributed by atoms with van der Waals surface area (Å²) in [5, 5.41) is 1.13. The standard InChI is InChI=1S/C22H23NO5S/c1-16-7-6-10-20(17(16)2)22(25)28-14-21(24)23(13-18-8-4-3-5-9-18)19-11-12-29(26,27)15-19/h3-12,19H,13-15H2,1-2H3/t19-/m1/s1. The molecular formula is C22H23NO5S. The lowest BCUT2D eigenvalue weighted by molar-refractivity contribution is -0.136. The summed E-state index contributed by atoms with van der Waals surface area (Å²) in [6, 6.07) is 14.0. The van der Waals surface area contributed by atoms with Crippen molar-refractivity contribution >= 4 is 21.7 Å². The van der Waals surface area contributed by atoms with Crippen molar-refractivity contribution < 1.29 is 22.7 Å². The highest BCUT2D eigenvalue weighted by atomic mass is 32.2. The summed E-state index contributed by atoms with van der Waals surface area (Å²) in [5.41, 5.74) is 3.03. The van der Waals surface area contributed by atoms with E-state index < -0.39 is 34.4 Å². The number of aryl methyl sites for hydroxylation is 1. The Morgan fingerprint density at radius 3 is 2.45 bits per heavy atom. The number of hydrogen-bond donors (Lipinski definition) is 0. The Balaban J connectivity index is 1.73. The van der Waals surface area contributed by atoms with Gasteiger partial charge < -0.3 is 9.64 Å². The Morgan fingerprint density at radius 1 is 1.07 bits per heavy atom. The number of benzene rings is 2. The van der Waals surface area contributed by atoms with Crippen LogP contribution in [0.25, 0.3) is 0 Å². The third-order valence-electron chi connectivity index (χ3n) is 4.98. The minimum absolute atomic E-state index is 0.170. The molecule has 0 radical (unpaired) electrons. The van der Waals surface area contributed by atoms with Crippen LogP contribution in [0.15, 0.2) is 60.0 Å². The van der Waals surface area contributed by atoms with Crippen molar-refractivity contribution in [1.82, 2.24) is 4.90 Å². The number of carbonyl (C=O) groups excluding carboxylic acids is 2. The quantitative estimate of drug-likeness (QED) is 0.681. The molecule has 0 spiro atoms. The van der Waals surface area contributed by atoms with Crippen molar-refractivity contribution in [3.8, 4) is 0 Å². The molecule has 1 aliphatic rings. The molecule has 3 rings (SSSR count). The molecule has 7 heteroatoms. The Morgan fingerprint density at radius 2 is 1.79 bits per heavy atom. The Hall–Kier alpha value is -2.93. The maximum atomic E-state index is 12.9. The highest BCUT2D eigenvalue weighted by Crippen LogP contribution is 2.19. The number of amides is 1. The van der Waals surface area contributed by atoms with Crippen LogP contribution in [0.5, 0.6) is 0 Å². The van der Waals surface area contributed by atoms with Crippen LogP contribution in [0.4, 0.5) is 0 Å². The van der Waals surface area contributed by atoms with Gasteiger partial charge >= 0.3 is 5.97 Å². The zero-order valence-electron chi connectivity index (χ0n) is 16.4. The number of hydrogen-bond acceptors (Lipinski definition) is 5. The van der Waals surface area contributed by atoms with Crippen LogP contribution in [0, 0.1) is 13.8 Å². The van der Waals surface area contributed by atoms with Crippen molar-refractivity contribution in [2.75, 3.05) is 12.4 Å². The van der Waals surface area contributed by atoms with Crippen LogP contribution < -0.4 is 0 Å². The molecule has 0 aliphatic carbocycles. The normalized spacial score (nSPS) is 17.1. The van der Waals surface area contributed by atoms with E-state index >= 15 is 0 Å². The second-order valence-electron chi connectivity index (χ2n) is 7.06. The average molecular weight is 413 g/mol. The van der Waals surface area contributed by atoms with Gasteiger partial charge in [-0.3, -0.25) is 4.79 Å². The fourth-order valence-corrected chi connectivity index (χ4v) is 4.48. The van der Waals surface area contributed by atoms with Gasteiger partial charge in [0.1, 0.15) is 0 Å². The van der Waals surface area contributed by atoms with Crippen LogP contribution >= 0.6 is 0 Å². The Bertz CT molecular complexity index is 1040.